The Labute approximate surface area is 439 Å². The van der Waals surface area contributed by atoms with Crippen molar-refractivity contribution in [2.75, 3.05) is 46.9 Å². The highest BCUT2D eigenvalue weighted by molar-refractivity contribution is 7.91. The van der Waals surface area contributed by atoms with Gasteiger partial charge >= 0.3 is 20.2 Å². The van der Waals surface area contributed by atoms with Crippen LogP contribution in [0.2, 0.25) is 0 Å². The third-order valence-electron chi connectivity index (χ3n) is 13.7. The quantitative estimate of drug-likeness (QED) is 0.100. The van der Waals surface area contributed by atoms with E-state index >= 15 is 0 Å². The van der Waals surface area contributed by atoms with Gasteiger partial charge in [-0.1, -0.05) is 6.07 Å². The number of halogens is 1. The van der Waals surface area contributed by atoms with Gasteiger partial charge in [0.2, 0.25) is 19.3 Å². The smallest absolute Gasteiger partial charge is 0.339 e. The Hall–Kier alpha value is -6.82. The summed E-state index contributed by atoms with van der Waals surface area (Å²) in [5, 5.41) is 1.32. The highest BCUT2D eigenvalue weighted by atomic mass is 35.5. The summed E-state index contributed by atoms with van der Waals surface area (Å²) in [6.07, 6.45) is 6.25. The van der Waals surface area contributed by atoms with E-state index in [-0.39, 0.29) is 68.9 Å². The second-order valence-corrected chi connectivity index (χ2v) is 25.3. The SMILES string of the molecule is COc1ccc2c(c1OS(=O)(=O)c1ccc(S(C)(=O)=O)cc1)CN1CCc3cc4c(cc3C1C2)OCO4.COc1ccc2cc3[n+](cc2c1OS(=O)(=O)c1ccc(S(C)(=O)=O)cc1)CCc1cc2c(cc1-3)OCO2.Cl. The highest BCUT2D eigenvalue weighted by Crippen LogP contribution is 2.48. The molecule has 12 rings (SSSR count). The molecule has 7 aromatic rings. The molecule has 75 heavy (non-hydrogen) atoms. The summed E-state index contributed by atoms with van der Waals surface area (Å²) in [5.41, 5.74) is 7.30. The third kappa shape index (κ3) is 9.74. The summed E-state index contributed by atoms with van der Waals surface area (Å²) >= 11 is 0. The Bertz CT molecular complexity index is 3930. The predicted molar refractivity (Wildman–Crippen MR) is 274 cm³/mol. The molecule has 0 N–H and O–H groups in total. The van der Waals surface area contributed by atoms with Crippen LogP contribution in [-0.2, 0) is 72.3 Å². The largest absolute Gasteiger partial charge is 0.493 e. The zero-order valence-electron chi connectivity index (χ0n) is 40.6. The first-order chi connectivity index (χ1) is 35.3. The van der Waals surface area contributed by atoms with E-state index < -0.39 is 39.9 Å². The summed E-state index contributed by atoms with van der Waals surface area (Å²) in [6, 6.07) is 27.2. The first-order valence-electron chi connectivity index (χ1n) is 23.1. The summed E-state index contributed by atoms with van der Waals surface area (Å²) < 4.78 is 146. The van der Waals surface area contributed by atoms with E-state index in [0.717, 1.165) is 82.5 Å². The molecular weight excluding hydrogens is 1070 g/mol. The second kappa shape index (κ2) is 19.4. The fourth-order valence-corrected chi connectivity index (χ4v) is 13.1. The van der Waals surface area contributed by atoms with Crippen LogP contribution in [0.4, 0.5) is 0 Å². The van der Waals surface area contributed by atoms with E-state index in [9.17, 15) is 33.7 Å². The normalized spacial score (nSPS) is 16.1. The van der Waals surface area contributed by atoms with Crippen LogP contribution in [0.25, 0.3) is 22.0 Å². The number of nitrogens with zero attached hydrogens (tertiary/aromatic N) is 2. The summed E-state index contributed by atoms with van der Waals surface area (Å²) in [4.78, 5) is 2.04. The fraction of sp³-hybridized carbons (Fsp3) is 0.250. The number of rotatable bonds is 10. The van der Waals surface area contributed by atoms with Crippen molar-refractivity contribution in [3.63, 3.8) is 0 Å². The monoisotopic (exact) mass is 1120 g/mol. The standard InChI is InChI=1S/C26H25NO8S2.C26H22NO8S2.ClH/c2*1-32-23-8-3-16-11-22-20-13-25-24(33-15-34-25)12-17(20)9-10-27(22)14-21(16)26(23)35-37(30,31)19-6-4-18(5-7-19)36(2,28)29;/h3-8,12-13,22H,9-11,14-15H2,1-2H3;3-8,11-14H,9-10,15H2,1-2H3;1H/q;+1;. The molecule has 0 saturated carbocycles. The van der Waals surface area contributed by atoms with Gasteiger partial charge in [-0.2, -0.15) is 21.4 Å². The number of aryl methyl sites for hydroxylation is 2. The molecule has 1 aromatic heterocycles. The van der Waals surface area contributed by atoms with E-state index in [2.05, 4.69) is 17.0 Å². The van der Waals surface area contributed by atoms with Gasteiger partial charge in [-0.25, -0.2) is 16.8 Å². The Morgan fingerprint density at radius 2 is 1.09 bits per heavy atom. The molecule has 0 amide bonds. The Morgan fingerprint density at radius 1 is 0.573 bits per heavy atom. The minimum Gasteiger partial charge on any atom is -0.493 e. The first-order valence-corrected chi connectivity index (χ1v) is 29.7. The van der Waals surface area contributed by atoms with Crippen LogP contribution in [-0.4, -0.2) is 85.4 Å². The summed E-state index contributed by atoms with van der Waals surface area (Å²) in [5.74, 6) is 3.73. The van der Waals surface area contributed by atoms with Crippen molar-refractivity contribution in [1.82, 2.24) is 4.90 Å². The van der Waals surface area contributed by atoms with Crippen molar-refractivity contribution in [1.29, 1.82) is 0 Å². The number of pyridine rings is 1. The number of fused-ring (bicyclic) bond motifs is 10. The molecule has 0 bridgehead atoms. The molecule has 0 aliphatic carbocycles. The van der Waals surface area contributed by atoms with Crippen LogP contribution in [0, 0.1) is 0 Å². The number of hydrogen-bond acceptors (Lipinski definition) is 17. The average molecular weight is 1120 g/mol. The molecule has 6 heterocycles. The molecule has 5 aliphatic heterocycles. The van der Waals surface area contributed by atoms with Gasteiger partial charge in [0, 0.05) is 49.7 Å². The van der Waals surface area contributed by atoms with Crippen LogP contribution < -0.4 is 41.4 Å². The van der Waals surface area contributed by atoms with E-state index in [4.69, 9.17) is 36.8 Å². The van der Waals surface area contributed by atoms with Gasteiger partial charge in [0.25, 0.3) is 0 Å². The van der Waals surface area contributed by atoms with Crippen LogP contribution in [0.5, 0.6) is 46.0 Å². The minimum absolute atomic E-state index is 0. The van der Waals surface area contributed by atoms with Gasteiger partial charge in [0.15, 0.2) is 78.4 Å². The van der Waals surface area contributed by atoms with E-state index in [1.807, 2.05) is 41.1 Å². The van der Waals surface area contributed by atoms with E-state index in [0.29, 0.717) is 36.4 Å². The lowest BCUT2D eigenvalue weighted by molar-refractivity contribution is -0.686. The number of ether oxygens (including phenoxy) is 6. The highest BCUT2D eigenvalue weighted by Gasteiger charge is 2.37. The van der Waals surface area contributed by atoms with Crippen molar-refractivity contribution >= 4 is 63.1 Å². The molecule has 0 fully saturated rings. The van der Waals surface area contributed by atoms with Gasteiger partial charge in [0.05, 0.1) is 35.0 Å². The Balaban J connectivity index is 0.000000169. The van der Waals surface area contributed by atoms with Gasteiger partial charge in [0.1, 0.15) is 9.79 Å². The maximum absolute atomic E-state index is 13.2. The van der Waals surface area contributed by atoms with Crippen LogP contribution in [0.15, 0.2) is 129 Å². The molecule has 23 heteroatoms. The van der Waals surface area contributed by atoms with Crippen LogP contribution in [0.1, 0.15) is 33.9 Å². The number of benzene rings is 6. The molecule has 0 spiro atoms. The topological polar surface area (TPSA) is 218 Å². The average Bonchev–Trinajstić information content (AvgIpc) is 4.05. The molecule has 0 radical (unpaired) electrons. The lowest BCUT2D eigenvalue weighted by Gasteiger charge is -2.42. The van der Waals surface area contributed by atoms with Crippen molar-refractivity contribution in [3.05, 3.63) is 137 Å². The van der Waals surface area contributed by atoms with Crippen molar-refractivity contribution < 1.29 is 75.0 Å². The maximum atomic E-state index is 13.2. The van der Waals surface area contributed by atoms with Gasteiger partial charge in [-0.05, 0) is 131 Å². The van der Waals surface area contributed by atoms with Gasteiger partial charge < -0.3 is 36.8 Å². The van der Waals surface area contributed by atoms with E-state index in [1.165, 1.54) is 73.9 Å². The zero-order valence-corrected chi connectivity index (χ0v) is 44.7. The first kappa shape index (κ1) is 51.7. The molecule has 1 atom stereocenters. The molecule has 5 aliphatic rings. The van der Waals surface area contributed by atoms with Crippen molar-refractivity contribution in [2.24, 2.45) is 0 Å². The number of sulfone groups is 2. The summed E-state index contributed by atoms with van der Waals surface area (Å²) in [6.45, 7) is 2.38. The lowest BCUT2D eigenvalue weighted by Crippen LogP contribution is -2.40. The summed E-state index contributed by atoms with van der Waals surface area (Å²) in [7, 11) is -12.6. The number of hydrogen-bond donors (Lipinski definition) is 0. The maximum Gasteiger partial charge on any atom is 0.339 e. The Morgan fingerprint density at radius 3 is 1.68 bits per heavy atom. The van der Waals surface area contributed by atoms with Crippen LogP contribution >= 0.6 is 12.4 Å². The molecule has 1 unspecified atom stereocenters. The predicted octanol–water partition coefficient (Wildman–Crippen LogP) is 6.93. The minimum atomic E-state index is -4.29. The zero-order chi connectivity index (χ0) is 51.9. The fourth-order valence-electron chi connectivity index (χ4n) is 9.91. The van der Waals surface area contributed by atoms with E-state index in [1.54, 1.807) is 12.1 Å². The molecule has 392 valence electrons. The molecular formula is C52H48ClN2O16S4+. The molecule has 6 aromatic carbocycles. The third-order valence-corrected chi connectivity index (χ3v) is 18.4. The van der Waals surface area contributed by atoms with Gasteiger partial charge in [-0.15, -0.1) is 12.4 Å². The Kier molecular flexibility index (Phi) is 13.4. The molecule has 18 nitrogen and oxygen atoms in total. The van der Waals surface area contributed by atoms with Crippen molar-refractivity contribution in [3.8, 4) is 57.3 Å². The van der Waals surface area contributed by atoms with Crippen LogP contribution in [0.3, 0.4) is 0 Å². The number of aromatic nitrogens is 1. The van der Waals surface area contributed by atoms with Gasteiger partial charge in [-0.3, -0.25) is 4.90 Å². The van der Waals surface area contributed by atoms with Crippen molar-refractivity contribution in [2.45, 2.75) is 58.0 Å². The second-order valence-electron chi connectivity index (χ2n) is 18.2. The lowest BCUT2D eigenvalue weighted by atomic mass is 9.83. The molecule has 0 saturated heterocycles. The number of methoxy groups -OCH3 is 2.